The summed E-state index contributed by atoms with van der Waals surface area (Å²) >= 11 is 5.81. The van der Waals surface area contributed by atoms with Crippen LogP contribution >= 0.6 is 11.6 Å². The zero-order valence-corrected chi connectivity index (χ0v) is 12.5. The highest BCUT2D eigenvalue weighted by Gasteiger charge is 2.11. The maximum absolute atomic E-state index is 12.0. The minimum absolute atomic E-state index is 0.298. The molecule has 5 heteroatoms. The number of halogens is 1. The van der Waals surface area contributed by atoms with Gasteiger partial charge in [-0.1, -0.05) is 41.9 Å². The maximum atomic E-state index is 12.0. The summed E-state index contributed by atoms with van der Waals surface area (Å²) in [6.45, 7) is 0.417. The first kappa shape index (κ1) is 15.0. The van der Waals surface area contributed by atoms with Gasteiger partial charge in [-0.15, -0.1) is 0 Å². The van der Waals surface area contributed by atoms with Gasteiger partial charge in [0.2, 0.25) is 10.0 Å². The van der Waals surface area contributed by atoms with E-state index in [1.54, 1.807) is 30.3 Å². The maximum Gasteiger partial charge on any atom is 0.240 e. The molecule has 2 aromatic carbocycles. The van der Waals surface area contributed by atoms with Crippen molar-refractivity contribution in [2.45, 2.75) is 17.7 Å². The van der Waals surface area contributed by atoms with E-state index in [4.69, 9.17) is 11.6 Å². The van der Waals surface area contributed by atoms with Crippen LogP contribution < -0.4 is 4.72 Å². The molecule has 2 aromatic rings. The van der Waals surface area contributed by atoms with Crippen LogP contribution in [0.5, 0.6) is 0 Å². The molecule has 0 saturated heterocycles. The summed E-state index contributed by atoms with van der Waals surface area (Å²) in [7, 11) is -3.39. The third-order valence-electron chi connectivity index (χ3n) is 2.90. The molecule has 0 fully saturated rings. The van der Waals surface area contributed by atoms with Crippen molar-refractivity contribution in [3.05, 3.63) is 65.2 Å². The van der Waals surface area contributed by atoms with Gasteiger partial charge in [0, 0.05) is 11.6 Å². The van der Waals surface area contributed by atoms with Crippen LogP contribution in [-0.4, -0.2) is 15.0 Å². The Labute approximate surface area is 124 Å². The van der Waals surface area contributed by atoms with Gasteiger partial charge in [0.25, 0.3) is 0 Å². The third kappa shape index (κ3) is 4.34. The Morgan fingerprint density at radius 3 is 2.25 bits per heavy atom. The highest BCUT2D eigenvalue weighted by atomic mass is 35.5. The van der Waals surface area contributed by atoms with Crippen LogP contribution in [0.4, 0.5) is 0 Å². The Hall–Kier alpha value is -1.36. The molecule has 106 valence electrons. The van der Waals surface area contributed by atoms with Crippen LogP contribution in [0.3, 0.4) is 0 Å². The van der Waals surface area contributed by atoms with Gasteiger partial charge in [-0.2, -0.15) is 0 Å². The molecule has 0 spiro atoms. The van der Waals surface area contributed by atoms with E-state index in [-0.39, 0.29) is 0 Å². The lowest BCUT2D eigenvalue weighted by Gasteiger charge is -2.06. The van der Waals surface area contributed by atoms with E-state index in [1.165, 1.54) is 0 Å². The molecule has 0 atom stereocenters. The Morgan fingerprint density at radius 2 is 1.60 bits per heavy atom. The summed E-state index contributed by atoms with van der Waals surface area (Å²) in [5.74, 6) is 0. The Bertz CT molecular complexity index is 639. The largest absolute Gasteiger partial charge is 0.240 e. The summed E-state index contributed by atoms with van der Waals surface area (Å²) in [5.41, 5.74) is 1.15. The first-order valence-corrected chi connectivity index (χ1v) is 8.23. The first-order valence-electron chi connectivity index (χ1n) is 6.37. The molecule has 0 aromatic heterocycles. The van der Waals surface area contributed by atoms with E-state index in [9.17, 15) is 8.42 Å². The van der Waals surface area contributed by atoms with E-state index in [0.29, 0.717) is 16.5 Å². The van der Waals surface area contributed by atoms with Crippen molar-refractivity contribution in [2.75, 3.05) is 6.54 Å². The fourth-order valence-electron chi connectivity index (χ4n) is 1.83. The molecular formula is C15H16ClNO2S. The molecule has 0 heterocycles. The van der Waals surface area contributed by atoms with E-state index in [0.717, 1.165) is 18.4 Å². The van der Waals surface area contributed by atoms with Gasteiger partial charge < -0.3 is 0 Å². The summed E-state index contributed by atoms with van der Waals surface area (Å²) in [6, 6.07) is 16.0. The van der Waals surface area contributed by atoms with E-state index < -0.39 is 10.0 Å². The number of benzene rings is 2. The molecule has 20 heavy (non-hydrogen) atoms. The molecule has 0 aliphatic rings. The average molecular weight is 310 g/mol. The van der Waals surface area contributed by atoms with Gasteiger partial charge in [0.1, 0.15) is 0 Å². The number of nitrogens with one attached hydrogen (secondary N) is 1. The Balaban J connectivity index is 1.83. The number of sulfonamides is 1. The Kier molecular flexibility index (Phi) is 5.17. The summed E-state index contributed by atoms with van der Waals surface area (Å²) in [6.07, 6.45) is 1.56. The van der Waals surface area contributed by atoms with Crippen LogP contribution in [-0.2, 0) is 16.4 Å². The van der Waals surface area contributed by atoms with Crippen LogP contribution in [0, 0.1) is 0 Å². The van der Waals surface area contributed by atoms with Crippen LogP contribution in [0.15, 0.2) is 59.5 Å². The number of aryl methyl sites for hydroxylation is 1. The normalized spacial score (nSPS) is 11.4. The predicted molar refractivity (Wildman–Crippen MR) is 81.4 cm³/mol. The van der Waals surface area contributed by atoms with Crippen LogP contribution in [0.2, 0.25) is 5.02 Å². The van der Waals surface area contributed by atoms with Crippen molar-refractivity contribution in [1.82, 2.24) is 4.72 Å². The molecule has 0 bridgehead atoms. The second-order valence-corrected chi connectivity index (χ2v) is 6.64. The molecule has 0 unspecified atom stereocenters. The summed E-state index contributed by atoms with van der Waals surface area (Å²) in [4.78, 5) is 0.298. The molecule has 0 amide bonds. The molecule has 1 N–H and O–H groups in total. The molecule has 0 saturated carbocycles. The average Bonchev–Trinajstić information content (AvgIpc) is 2.46. The number of hydrogen-bond donors (Lipinski definition) is 1. The number of hydrogen-bond acceptors (Lipinski definition) is 2. The lowest BCUT2D eigenvalue weighted by atomic mass is 10.1. The lowest BCUT2D eigenvalue weighted by molar-refractivity contribution is 0.579. The second kappa shape index (κ2) is 6.88. The molecule has 3 nitrogen and oxygen atoms in total. The predicted octanol–water partition coefficient (Wildman–Crippen LogP) is 3.25. The van der Waals surface area contributed by atoms with Crippen molar-refractivity contribution in [1.29, 1.82) is 0 Å². The first-order chi connectivity index (χ1) is 9.58. The van der Waals surface area contributed by atoms with Crippen LogP contribution in [0.1, 0.15) is 12.0 Å². The van der Waals surface area contributed by atoms with Gasteiger partial charge >= 0.3 is 0 Å². The standard InChI is InChI=1S/C15H16ClNO2S/c16-14-10-8-13(9-11-14)5-4-12-17-20(18,19)15-6-2-1-3-7-15/h1-3,6-11,17H,4-5,12H2. The zero-order valence-electron chi connectivity index (χ0n) is 10.9. The van der Waals surface area contributed by atoms with Gasteiger partial charge in [-0.25, -0.2) is 13.1 Å². The van der Waals surface area contributed by atoms with Crippen molar-refractivity contribution >= 4 is 21.6 Å². The topological polar surface area (TPSA) is 46.2 Å². The molecule has 2 rings (SSSR count). The number of rotatable bonds is 6. The summed E-state index contributed by atoms with van der Waals surface area (Å²) in [5, 5.41) is 0.707. The minimum Gasteiger partial charge on any atom is -0.211 e. The van der Waals surface area contributed by atoms with E-state index >= 15 is 0 Å². The molecule has 0 aliphatic carbocycles. The fraction of sp³-hybridized carbons (Fsp3) is 0.200. The summed E-state index contributed by atoms with van der Waals surface area (Å²) < 4.78 is 26.5. The Morgan fingerprint density at radius 1 is 0.950 bits per heavy atom. The quantitative estimate of drug-likeness (QED) is 0.833. The van der Waals surface area contributed by atoms with Gasteiger partial charge in [0.15, 0.2) is 0 Å². The van der Waals surface area contributed by atoms with Gasteiger partial charge in [0.05, 0.1) is 4.90 Å². The van der Waals surface area contributed by atoms with Crippen LogP contribution in [0.25, 0.3) is 0 Å². The zero-order chi connectivity index (χ0) is 14.4. The van der Waals surface area contributed by atoms with Gasteiger partial charge in [-0.05, 0) is 42.7 Å². The highest BCUT2D eigenvalue weighted by Crippen LogP contribution is 2.11. The third-order valence-corrected chi connectivity index (χ3v) is 4.63. The molecule has 0 radical (unpaired) electrons. The van der Waals surface area contributed by atoms with Crippen molar-refractivity contribution in [3.63, 3.8) is 0 Å². The van der Waals surface area contributed by atoms with Crippen molar-refractivity contribution < 1.29 is 8.42 Å². The molecule has 0 aliphatic heterocycles. The molecular weight excluding hydrogens is 294 g/mol. The second-order valence-electron chi connectivity index (χ2n) is 4.44. The smallest absolute Gasteiger partial charge is 0.211 e. The lowest BCUT2D eigenvalue weighted by Crippen LogP contribution is -2.25. The van der Waals surface area contributed by atoms with Gasteiger partial charge in [-0.3, -0.25) is 0 Å². The highest BCUT2D eigenvalue weighted by molar-refractivity contribution is 7.89. The van der Waals surface area contributed by atoms with Crippen molar-refractivity contribution in [3.8, 4) is 0 Å². The minimum atomic E-state index is -3.39. The SMILES string of the molecule is O=S(=O)(NCCCc1ccc(Cl)cc1)c1ccccc1. The fourth-order valence-corrected chi connectivity index (χ4v) is 3.05. The van der Waals surface area contributed by atoms with E-state index in [1.807, 2.05) is 24.3 Å². The van der Waals surface area contributed by atoms with E-state index in [2.05, 4.69) is 4.72 Å². The monoisotopic (exact) mass is 309 g/mol. The van der Waals surface area contributed by atoms with Crippen molar-refractivity contribution in [2.24, 2.45) is 0 Å².